The highest BCUT2D eigenvalue weighted by molar-refractivity contribution is 6.00. The van der Waals surface area contributed by atoms with E-state index in [1.807, 2.05) is 6.92 Å². The molecule has 0 radical (unpaired) electrons. The predicted octanol–water partition coefficient (Wildman–Crippen LogP) is 3.89. The van der Waals surface area contributed by atoms with E-state index in [2.05, 4.69) is 10.2 Å². The van der Waals surface area contributed by atoms with E-state index in [1.165, 1.54) is 19.2 Å². The number of carbonyl (C=O) groups excluding carboxylic acids is 1. The molecule has 7 heteroatoms. The molecule has 0 saturated carbocycles. The number of hydrogen-bond donors (Lipinski definition) is 2. The Bertz CT molecular complexity index is 1030. The number of methoxy groups -OCH3 is 1. The number of carbonyl (C=O) groups is 1. The summed E-state index contributed by atoms with van der Waals surface area (Å²) < 4.78 is 18.6. The summed E-state index contributed by atoms with van der Waals surface area (Å²) in [7, 11) is 1.48. The molecule has 3 aromatic rings. The number of aromatic nitrogens is 2. The van der Waals surface area contributed by atoms with Crippen molar-refractivity contribution in [3.63, 3.8) is 0 Å². The number of benzene rings is 2. The number of hydrogen-bond acceptors (Lipinski definition) is 4. The lowest BCUT2D eigenvalue weighted by Gasteiger charge is -2.26. The fourth-order valence-corrected chi connectivity index (χ4v) is 3.71. The van der Waals surface area contributed by atoms with Gasteiger partial charge in [-0.3, -0.25) is 9.89 Å². The van der Waals surface area contributed by atoms with Gasteiger partial charge in [0, 0.05) is 17.7 Å². The van der Waals surface area contributed by atoms with Crippen molar-refractivity contribution >= 4 is 5.91 Å². The van der Waals surface area contributed by atoms with Crippen molar-refractivity contribution in [1.82, 2.24) is 15.1 Å². The quantitative estimate of drug-likeness (QED) is 0.703. The molecular formula is C21H20FN3O3. The molecule has 6 nitrogen and oxygen atoms in total. The van der Waals surface area contributed by atoms with Crippen LogP contribution in [0.25, 0.3) is 11.3 Å². The predicted molar refractivity (Wildman–Crippen MR) is 102 cm³/mol. The van der Waals surface area contributed by atoms with Crippen molar-refractivity contribution in [2.45, 2.75) is 19.4 Å². The minimum atomic E-state index is -0.379. The molecule has 0 bridgehead atoms. The number of nitrogens with one attached hydrogen (secondary N) is 1. The van der Waals surface area contributed by atoms with E-state index in [9.17, 15) is 14.3 Å². The average Bonchev–Trinajstić information content (AvgIpc) is 3.23. The lowest BCUT2D eigenvalue weighted by atomic mass is 9.95. The third kappa shape index (κ3) is 2.79. The van der Waals surface area contributed by atoms with Gasteiger partial charge >= 0.3 is 0 Å². The van der Waals surface area contributed by atoms with Gasteiger partial charge in [0.05, 0.1) is 18.8 Å². The van der Waals surface area contributed by atoms with Crippen molar-refractivity contribution in [1.29, 1.82) is 0 Å². The molecule has 0 spiro atoms. The van der Waals surface area contributed by atoms with Gasteiger partial charge in [0.1, 0.15) is 11.5 Å². The zero-order valence-corrected chi connectivity index (χ0v) is 15.6. The highest BCUT2D eigenvalue weighted by atomic mass is 19.1. The largest absolute Gasteiger partial charge is 0.504 e. The van der Waals surface area contributed by atoms with E-state index in [-0.39, 0.29) is 23.5 Å². The highest BCUT2D eigenvalue weighted by Gasteiger charge is 2.41. The Morgan fingerprint density at radius 1 is 1.25 bits per heavy atom. The number of phenolic OH excluding ortho intramolecular Hbond substituents is 1. The first-order chi connectivity index (χ1) is 13.5. The molecule has 1 atom stereocenters. The Kier molecular flexibility index (Phi) is 4.50. The van der Waals surface area contributed by atoms with E-state index in [4.69, 9.17) is 4.74 Å². The molecule has 2 heterocycles. The van der Waals surface area contributed by atoms with Crippen molar-refractivity contribution < 1.29 is 19.0 Å². The number of halogens is 1. The van der Waals surface area contributed by atoms with Crippen LogP contribution in [-0.2, 0) is 0 Å². The van der Waals surface area contributed by atoms with Crippen LogP contribution in [0, 0.1) is 5.82 Å². The van der Waals surface area contributed by atoms with Crippen LogP contribution in [-0.4, -0.2) is 39.8 Å². The molecule has 0 aliphatic carbocycles. The lowest BCUT2D eigenvalue weighted by molar-refractivity contribution is 0.0744. The second kappa shape index (κ2) is 6.99. The normalized spacial score (nSPS) is 15.8. The summed E-state index contributed by atoms with van der Waals surface area (Å²) >= 11 is 0. The Balaban J connectivity index is 1.89. The number of nitrogens with zero attached hydrogens (tertiary/aromatic N) is 2. The van der Waals surface area contributed by atoms with Crippen LogP contribution in [0.2, 0.25) is 0 Å². The summed E-state index contributed by atoms with van der Waals surface area (Å²) in [5.41, 5.74) is 3.32. The van der Waals surface area contributed by atoms with Crippen LogP contribution in [0.4, 0.5) is 4.39 Å². The first-order valence-electron chi connectivity index (χ1n) is 9.07. The van der Waals surface area contributed by atoms with E-state index in [0.717, 1.165) is 23.1 Å². The molecule has 1 aliphatic rings. The average molecular weight is 381 g/mol. The van der Waals surface area contributed by atoms with Crippen LogP contribution < -0.4 is 4.74 Å². The fourth-order valence-electron chi connectivity index (χ4n) is 3.71. The number of aromatic hydroxyl groups is 1. The number of aromatic amines is 1. The van der Waals surface area contributed by atoms with Crippen molar-refractivity contribution in [2.24, 2.45) is 0 Å². The number of rotatable bonds is 5. The van der Waals surface area contributed by atoms with Gasteiger partial charge in [0.2, 0.25) is 0 Å². The van der Waals surface area contributed by atoms with E-state index in [0.29, 0.717) is 23.7 Å². The smallest absolute Gasteiger partial charge is 0.273 e. The van der Waals surface area contributed by atoms with E-state index < -0.39 is 0 Å². The molecule has 1 amide bonds. The number of ether oxygens (including phenoxy) is 1. The molecule has 0 fully saturated rings. The van der Waals surface area contributed by atoms with Crippen molar-refractivity contribution in [3.05, 3.63) is 65.1 Å². The van der Waals surface area contributed by atoms with Gasteiger partial charge < -0.3 is 14.7 Å². The van der Waals surface area contributed by atoms with E-state index in [1.54, 1.807) is 35.2 Å². The first-order valence-corrected chi connectivity index (χ1v) is 9.07. The molecule has 144 valence electrons. The topological polar surface area (TPSA) is 78.5 Å². The number of phenols is 1. The van der Waals surface area contributed by atoms with Crippen molar-refractivity contribution in [2.75, 3.05) is 13.7 Å². The van der Waals surface area contributed by atoms with E-state index >= 15 is 0 Å². The van der Waals surface area contributed by atoms with Crippen LogP contribution in [0.3, 0.4) is 0 Å². The van der Waals surface area contributed by atoms with Gasteiger partial charge in [-0.2, -0.15) is 5.10 Å². The Labute approximate surface area is 161 Å². The SMILES string of the molecule is CCCN1C(=O)c2[nH]nc(-c3ccc(F)cc3)c2[C@H]1c1ccc(O)c(OC)c1. The summed E-state index contributed by atoms with van der Waals surface area (Å²) in [4.78, 5) is 14.8. The van der Waals surface area contributed by atoms with Gasteiger partial charge in [0.25, 0.3) is 5.91 Å². The fraction of sp³-hybridized carbons (Fsp3) is 0.238. The molecule has 1 aliphatic heterocycles. The summed E-state index contributed by atoms with van der Waals surface area (Å²) in [6, 6.07) is 10.7. The van der Waals surface area contributed by atoms with Crippen molar-refractivity contribution in [3.8, 4) is 22.8 Å². The second-order valence-electron chi connectivity index (χ2n) is 6.70. The minimum Gasteiger partial charge on any atom is -0.504 e. The molecule has 4 rings (SSSR count). The summed E-state index contributed by atoms with van der Waals surface area (Å²) in [5, 5.41) is 17.2. The van der Waals surface area contributed by atoms with Gasteiger partial charge in [-0.1, -0.05) is 13.0 Å². The summed E-state index contributed by atoms with van der Waals surface area (Å²) in [5.74, 6) is -0.0975. The molecule has 2 N–H and O–H groups in total. The maximum Gasteiger partial charge on any atom is 0.273 e. The second-order valence-corrected chi connectivity index (χ2v) is 6.70. The summed E-state index contributed by atoms with van der Waals surface area (Å²) in [6.07, 6.45) is 0.793. The van der Waals surface area contributed by atoms with Crippen LogP contribution in [0.5, 0.6) is 11.5 Å². The first kappa shape index (κ1) is 18.0. The number of H-pyrrole nitrogens is 1. The number of amides is 1. The zero-order valence-electron chi connectivity index (χ0n) is 15.6. The molecule has 2 aromatic carbocycles. The Morgan fingerprint density at radius 3 is 2.68 bits per heavy atom. The van der Waals surface area contributed by atoms with Gasteiger partial charge in [-0.25, -0.2) is 4.39 Å². The maximum atomic E-state index is 13.4. The standard InChI is InChI=1S/C21H20FN3O3/c1-3-10-25-20(13-6-9-15(26)16(11-13)28-2)17-18(23-24-19(17)21(25)27)12-4-7-14(22)8-5-12/h4-9,11,20,26H,3,10H2,1-2H3,(H,23,24)/t20-/m1/s1. The molecule has 1 aromatic heterocycles. The zero-order chi connectivity index (χ0) is 19.8. The van der Waals surface area contributed by atoms with Crippen LogP contribution >= 0.6 is 0 Å². The molecular weight excluding hydrogens is 361 g/mol. The summed E-state index contributed by atoms with van der Waals surface area (Å²) in [6.45, 7) is 2.58. The Hall–Kier alpha value is -3.35. The third-order valence-electron chi connectivity index (χ3n) is 4.97. The lowest BCUT2D eigenvalue weighted by Crippen LogP contribution is -2.30. The minimum absolute atomic E-state index is 0.0313. The van der Waals surface area contributed by atoms with Gasteiger partial charge in [0.15, 0.2) is 11.5 Å². The van der Waals surface area contributed by atoms with Gasteiger partial charge in [-0.05, 0) is 48.4 Å². The Morgan fingerprint density at radius 2 is 2.00 bits per heavy atom. The number of fused-ring (bicyclic) bond motifs is 1. The monoisotopic (exact) mass is 381 g/mol. The third-order valence-corrected chi connectivity index (χ3v) is 4.97. The van der Waals surface area contributed by atoms with Crippen LogP contribution in [0.1, 0.15) is 41.0 Å². The molecule has 0 saturated heterocycles. The maximum absolute atomic E-state index is 13.4. The van der Waals surface area contributed by atoms with Crippen LogP contribution in [0.15, 0.2) is 42.5 Å². The van der Waals surface area contributed by atoms with Gasteiger partial charge in [-0.15, -0.1) is 0 Å². The highest BCUT2D eigenvalue weighted by Crippen LogP contribution is 2.44. The molecule has 28 heavy (non-hydrogen) atoms. The molecule has 0 unspecified atom stereocenters.